The minimum absolute atomic E-state index is 0.110. The standard InChI is InChI=1S/C14H21N3O3/c1-9(2)7-11(13(18)19)8-16-14(20)17-12-5-4-6-15-10(12)3/h4-6,9,11H,7-8H2,1-3H3,(H,18,19)(H2,16,17,20). The Morgan fingerprint density at radius 3 is 2.65 bits per heavy atom. The van der Waals surface area contributed by atoms with E-state index in [9.17, 15) is 9.59 Å². The number of urea groups is 1. The van der Waals surface area contributed by atoms with E-state index in [0.29, 0.717) is 17.8 Å². The van der Waals surface area contributed by atoms with Crippen LogP contribution in [0.3, 0.4) is 0 Å². The van der Waals surface area contributed by atoms with Crippen molar-refractivity contribution in [2.24, 2.45) is 11.8 Å². The zero-order valence-electron chi connectivity index (χ0n) is 12.0. The van der Waals surface area contributed by atoms with Gasteiger partial charge in [-0.05, 0) is 31.4 Å². The third-order valence-electron chi connectivity index (χ3n) is 2.87. The lowest BCUT2D eigenvalue weighted by molar-refractivity contribution is -0.142. The summed E-state index contributed by atoms with van der Waals surface area (Å²) in [4.78, 5) is 26.9. The van der Waals surface area contributed by atoms with Crippen molar-refractivity contribution < 1.29 is 14.7 Å². The fourth-order valence-corrected chi connectivity index (χ4v) is 1.84. The third kappa shape index (κ3) is 5.26. The minimum atomic E-state index is -0.892. The van der Waals surface area contributed by atoms with Crippen molar-refractivity contribution in [2.45, 2.75) is 27.2 Å². The summed E-state index contributed by atoms with van der Waals surface area (Å²) in [6.45, 7) is 5.80. The molecule has 0 radical (unpaired) electrons. The van der Waals surface area contributed by atoms with Crippen LogP contribution in [0.5, 0.6) is 0 Å². The number of aryl methyl sites for hydroxylation is 1. The van der Waals surface area contributed by atoms with E-state index in [1.54, 1.807) is 25.3 Å². The van der Waals surface area contributed by atoms with E-state index in [1.807, 2.05) is 13.8 Å². The molecule has 6 heteroatoms. The van der Waals surface area contributed by atoms with Crippen LogP contribution in [0.1, 0.15) is 26.0 Å². The van der Waals surface area contributed by atoms with Crippen molar-refractivity contribution >= 4 is 17.7 Å². The number of nitrogens with zero attached hydrogens (tertiary/aromatic N) is 1. The molecule has 0 saturated carbocycles. The molecule has 1 unspecified atom stereocenters. The van der Waals surface area contributed by atoms with Gasteiger partial charge in [0, 0.05) is 12.7 Å². The normalized spacial score (nSPS) is 12.0. The third-order valence-corrected chi connectivity index (χ3v) is 2.87. The molecule has 1 aromatic rings. The number of hydrogen-bond donors (Lipinski definition) is 3. The molecule has 6 nitrogen and oxygen atoms in total. The molecule has 0 bridgehead atoms. The van der Waals surface area contributed by atoms with Crippen LogP contribution in [0.4, 0.5) is 10.5 Å². The van der Waals surface area contributed by atoms with E-state index >= 15 is 0 Å². The highest BCUT2D eigenvalue weighted by atomic mass is 16.4. The molecule has 0 aliphatic rings. The van der Waals surface area contributed by atoms with Crippen molar-refractivity contribution in [3.8, 4) is 0 Å². The number of pyridine rings is 1. The minimum Gasteiger partial charge on any atom is -0.481 e. The average molecular weight is 279 g/mol. The molecular weight excluding hydrogens is 258 g/mol. The Morgan fingerprint density at radius 1 is 1.40 bits per heavy atom. The molecule has 110 valence electrons. The fraction of sp³-hybridized carbons (Fsp3) is 0.500. The molecule has 1 aromatic heterocycles. The van der Waals surface area contributed by atoms with E-state index in [2.05, 4.69) is 15.6 Å². The molecule has 3 N–H and O–H groups in total. The summed E-state index contributed by atoms with van der Waals surface area (Å²) in [6.07, 6.45) is 2.17. The SMILES string of the molecule is Cc1ncccc1NC(=O)NCC(CC(C)C)C(=O)O. The smallest absolute Gasteiger partial charge is 0.319 e. The maximum Gasteiger partial charge on any atom is 0.319 e. The van der Waals surface area contributed by atoms with Crippen molar-refractivity contribution in [1.82, 2.24) is 10.3 Å². The quantitative estimate of drug-likeness (QED) is 0.745. The molecule has 20 heavy (non-hydrogen) atoms. The zero-order chi connectivity index (χ0) is 15.1. The number of carbonyl (C=O) groups is 2. The van der Waals surface area contributed by atoms with Gasteiger partial charge in [-0.15, -0.1) is 0 Å². The van der Waals surface area contributed by atoms with Crippen molar-refractivity contribution in [3.05, 3.63) is 24.0 Å². The lowest BCUT2D eigenvalue weighted by Crippen LogP contribution is -2.36. The van der Waals surface area contributed by atoms with E-state index in [-0.39, 0.29) is 12.5 Å². The molecule has 1 rings (SSSR count). The van der Waals surface area contributed by atoms with Crippen LogP contribution in [0.2, 0.25) is 0 Å². The summed E-state index contributed by atoms with van der Waals surface area (Å²) in [6, 6.07) is 3.04. The second kappa shape index (κ2) is 7.47. The second-order valence-corrected chi connectivity index (χ2v) is 5.14. The number of amides is 2. The molecule has 0 spiro atoms. The van der Waals surface area contributed by atoms with Gasteiger partial charge in [-0.3, -0.25) is 9.78 Å². The molecule has 0 aliphatic heterocycles. The van der Waals surface area contributed by atoms with Crippen LogP contribution in [-0.4, -0.2) is 28.6 Å². The fourth-order valence-electron chi connectivity index (χ4n) is 1.84. The Bertz CT molecular complexity index is 474. The largest absolute Gasteiger partial charge is 0.481 e. The number of carbonyl (C=O) groups excluding carboxylic acids is 1. The maximum atomic E-state index is 11.7. The Kier molecular flexibility index (Phi) is 5.96. The van der Waals surface area contributed by atoms with Gasteiger partial charge in [0.1, 0.15) is 0 Å². The Balaban J connectivity index is 2.50. The number of rotatable bonds is 6. The number of nitrogens with one attached hydrogen (secondary N) is 2. The average Bonchev–Trinajstić information content (AvgIpc) is 2.36. The van der Waals surface area contributed by atoms with E-state index in [4.69, 9.17) is 5.11 Å². The highest BCUT2D eigenvalue weighted by Crippen LogP contribution is 2.12. The lowest BCUT2D eigenvalue weighted by atomic mass is 9.97. The second-order valence-electron chi connectivity index (χ2n) is 5.14. The van der Waals surface area contributed by atoms with Gasteiger partial charge in [-0.1, -0.05) is 13.8 Å². The topological polar surface area (TPSA) is 91.3 Å². The molecule has 1 heterocycles. The number of carboxylic acids is 1. The molecule has 2 amide bonds. The lowest BCUT2D eigenvalue weighted by Gasteiger charge is -2.16. The number of hydrogen-bond acceptors (Lipinski definition) is 3. The summed E-state index contributed by atoms with van der Waals surface area (Å²) >= 11 is 0. The van der Waals surface area contributed by atoms with Crippen LogP contribution in [0.25, 0.3) is 0 Å². The first kappa shape index (κ1) is 15.9. The molecule has 0 saturated heterocycles. The van der Waals surface area contributed by atoms with Gasteiger partial charge in [-0.25, -0.2) is 4.79 Å². The van der Waals surface area contributed by atoms with Crippen LogP contribution in [0.15, 0.2) is 18.3 Å². The summed E-state index contributed by atoms with van der Waals surface area (Å²) in [5.41, 5.74) is 1.32. The van der Waals surface area contributed by atoms with Gasteiger partial charge >= 0.3 is 12.0 Å². The van der Waals surface area contributed by atoms with E-state index in [1.165, 1.54) is 0 Å². The van der Waals surface area contributed by atoms with Gasteiger partial charge in [0.15, 0.2) is 0 Å². The maximum absolute atomic E-state index is 11.7. The summed E-state index contributed by atoms with van der Waals surface area (Å²) in [7, 11) is 0. The Hall–Kier alpha value is -2.11. The first-order valence-electron chi connectivity index (χ1n) is 6.59. The van der Waals surface area contributed by atoms with Crippen LogP contribution in [0, 0.1) is 18.8 Å². The molecule has 1 atom stereocenters. The van der Waals surface area contributed by atoms with E-state index in [0.717, 1.165) is 0 Å². The number of anilines is 1. The number of carboxylic acid groups (broad SMARTS) is 1. The Morgan fingerprint density at radius 2 is 2.10 bits per heavy atom. The number of aromatic nitrogens is 1. The molecule has 0 fully saturated rings. The molecule has 0 aliphatic carbocycles. The first-order valence-corrected chi connectivity index (χ1v) is 6.59. The predicted octanol–water partition coefficient (Wildman–Crippen LogP) is 2.26. The van der Waals surface area contributed by atoms with Gasteiger partial charge in [0.2, 0.25) is 0 Å². The van der Waals surface area contributed by atoms with Crippen molar-refractivity contribution in [1.29, 1.82) is 0 Å². The zero-order valence-corrected chi connectivity index (χ0v) is 12.0. The summed E-state index contributed by atoms with van der Waals surface area (Å²) in [5.74, 6) is -1.20. The van der Waals surface area contributed by atoms with Gasteiger partial charge in [-0.2, -0.15) is 0 Å². The van der Waals surface area contributed by atoms with Gasteiger partial charge in [0.05, 0.1) is 17.3 Å². The monoisotopic (exact) mass is 279 g/mol. The summed E-state index contributed by atoms with van der Waals surface area (Å²) < 4.78 is 0. The molecule has 0 aromatic carbocycles. The Labute approximate surface area is 118 Å². The van der Waals surface area contributed by atoms with Crippen LogP contribution >= 0.6 is 0 Å². The number of aliphatic carboxylic acids is 1. The highest BCUT2D eigenvalue weighted by Gasteiger charge is 2.19. The predicted molar refractivity (Wildman–Crippen MR) is 76.6 cm³/mol. The van der Waals surface area contributed by atoms with Crippen LogP contribution < -0.4 is 10.6 Å². The molecular formula is C14H21N3O3. The van der Waals surface area contributed by atoms with Gasteiger partial charge < -0.3 is 15.7 Å². The van der Waals surface area contributed by atoms with E-state index < -0.39 is 17.9 Å². The van der Waals surface area contributed by atoms with Crippen LogP contribution in [-0.2, 0) is 4.79 Å². The van der Waals surface area contributed by atoms with Crippen molar-refractivity contribution in [2.75, 3.05) is 11.9 Å². The van der Waals surface area contributed by atoms with Gasteiger partial charge in [0.25, 0.3) is 0 Å². The van der Waals surface area contributed by atoms with Crippen molar-refractivity contribution in [3.63, 3.8) is 0 Å². The summed E-state index contributed by atoms with van der Waals surface area (Å²) in [5, 5.41) is 14.3. The first-order chi connectivity index (χ1) is 9.40. The highest BCUT2D eigenvalue weighted by molar-refractivity contribution is 5.90.